The molecule has 0 amide bonds. The van der Waals surface area contributed by atoms with Crippen LogP contribution in [0.1, 0.15) is 37.4 Å². The van der Waals surface area contributed by atoms with Crippen molar-refractivity contribution >= 4 is 11.6 Å². The zero-order chi connectivity index (χ0) is 21.8. The fourth-order valence-electron chi connectivity index (χ4n) is 3.41. The number of methoxy groups -OCH3 is 1. The van der Waals surface area contributed by atoms with Crippen molar-refractivity contribution in [1.82, 2.24) is 0 Å². The molecule has 0 aromatic heterocycles. The van der Waals surface area contributed by atoms with Gasteiger partial charge in [0.2, 0.25) is 0 Å². The van der Waals surface area contributed by atoms with Crippen LogP contribution in [-0.4, -0.2) is 18.7 Å². The van der Waals surface area contributed by atoms with Gasteiger partial charge < -0.3 is 4.74 Å². The topological polar surface area (TPSA) is 43.4 Å². The molecule has 152 valence electrons. The third-order valence-corrected chi connectivity index (χ3v) is 5.29. The molecule has 0 unspecified atom stereocenters. The first-order valence-electron chi connectivity index (χ1n) is 10.1. The predicted molar refractivity (Wildman–Crippen MR) is 123 cm³/mol. The molecule has 0 saturated heterocycles. The van der Waals surface area contributed by atoms with E-state index in [0.29, 0.717) is 22.3 Å². The zero-order valence-electron chi connectivity index (χ0n) is 17.5. The van der Waals surface area contributed by atoms with E-state index in [4.69, 9.17) is 4.74 Å². The van der Waals surface area contributed by atoms with Crippen LogP contribution in [0.25, 0.3) is 11.1 Å². The fourth-order valence-corrected chi connectivity index (χ4v) is 3.41. The number of benzene rings is 4. The van der Waals surface area contributed by atoms with Gasteiger partial charge >= 0.3 is 0 Å². The molecule has 0 aliphatic carbocycles. The number of ether oxygens (including phenoxy) is 1. The molecule has 0 saturated carbocycles. The Kier molecular flexibility index (Phi) is 5.76. The van der Waals surface area contributed by atoms with Gasteiger partial charge in [-0.1, -0.05) is 90.5 Å². The minimum atomic E-state index is -0.0735. The first-order valence-corrected chi connectivity index (χ1v) is 10.1. The molecule has 3 nitrogen and oxygen atoms in total. The molecule has 4 aromatic rings. The molecular formula is C28H22O3. The second kappa shape index (κ2) is 8.80. The van der Waals surface area contributed by atoms with Crippen molar-refractivity contribution in [2.75, 3.05) is 7.11 Å². The van der Waals surface area contributed by atoms with Crippen molar-refractivity contribution in [2.24, 2.45) is 0 Å². The van der Waals surface area contributed by atoms with E-state index in [9.17, 15) is 9.59 Å². The Balaban J connectivity index is 1.50. The number of aryl methyl sites for hydroxylation is 1. The van der Waals surface area contributed by atoms with Crippen molar-refractivity contribution in [3.8, 4) is 16.9 Å². The summed E-state index contributed by atoms with van der Waals surface area (Å²) in [4.78, 5) is 25.5. The van der Waals surface area contributed by atoms with Gasteiger partial charge in [0, 0.05) is 22.3 Å². The number of carbonyl (C=O) groups excluding carboxylic acids is 2. The zero-order valence-corrected chi connectivity index (χ0v) is 17.5. The molecule has 4 rings (SSSR count). The summed E-state index contributed by atoms with van der Waals surface area (Å²) in [5.74, 6) is 0.679. The fraction of sp³-hybridized carbons (Fsp3) is 0.0714. The number of ketones is 2. The molecule has 0 N–H and O–H groups in total. The molecule has 0 aliphatic heterocycles. The van der Waals surface area contributed by atoms with Gasteiger partial charge in [-0.3, -0.25) is 9.59 Å². The maximum atomic E-state index is 12.9. The van der Waals surface area contributed by atoms with Crippen LogP contribution >= 0.6 is 0 Å². The largest absolute Gasteiger partial charge is 0.497 e. The summed E-state index contributed by atoms with van der Waals surface area (Å²) in [5, 5.41) is 0. The third-order valence-electron chi connectivity index (χ3n) is 5.29. The Hall–Kier alpha value is -3.98. The highest BCUT2D eigenvalue weighted by molar-refractivity contribution is 6.11. The predicted octanol–water partition coefficient (Wildman–Crippen LogP) is 6.13. The maximum absolute atomic E-state index is 12.9. The normalized spacial score (nSPS) is 10.5. The maximum Gasteiger partial charge on any atom is 0.193 e. The van der Waals surface area contributed by atoms with E-state index in [1.807, 2.05) is 79.7 Å². The number of hydrogen-bond acceptors (Lipinski definition) is 3. The quantitative estimate of drug-likeness (QED) is 0.362. The molecule has 0 atom stereocenters. The van der Waals surface area contributed by atoms with Gasteiger partial charge in [-0.2, -0.15) is 0 Å². The van der Waals surface area contributed by atoms with E-state index in [1.54, 1.807) is 31.4 Å². The first-order chi connectivity index (χ1) is 15.0. The molecule has 0 heterocycles. The highest BCUT2D eigenvalue weighted by Gasteiger charge is 2.12. The lowest BCUT2D eigenvalue weighted by Crippen LogP contribution is -2.04. The van der Waals surface area contributed by atoms with Crippen molar-refractivity contribution in [1.29, 1.82) is 0 Å². The van der Waals surface area contributed by atoms with Crippen LogP contribution in [-0.2, 0) is 0 Å². The van der Waals surface area contributed by atoms with Crippen molar-refractivity contribution in [3.63, 3.8) is 0 Å². The van der Waals surface area contributed by atoms with E-state index in [2.05, 4.69) is 0 Å². The Morgan fingerprint density at radius 2 is 0.839 bits per heavy atom. The van der Waals surface area contributed by atoms with Crippen LogP contribution in [0.4, 0.5) is 0 Å². The number of rotatable bonds is 6. The van der Waals surface area contributed by atoms with Gasteiger partial charge in [-0.25, -0.2) is 0 Å². The molecule has 0 fully saturated rings. The van der Waals surface area contributed by atoms with Crippen LogP contribution in [0.5, 0.6) is 5.75 Å². The van der Waals surface area contributed by atoms with Gasteiger partial charge in [0.15, 0.2) is 11.6 Å². The molecular weight excluding hydrogens is 384 g/mol. The van der Waals surface area contributed by atoms with E-state index >= 15 is 0 Å². The molecule has 0 aliphatic rings. The second-order valence-electron chi connectivity index (χ2n) is 7.41. The Labute approximate surface area is 181 Å². The Morgan fingerprint density at radius 3 is 1.23 bits per heavy atom. The summed E-state index contributed by atoms with van der Waals surface area (Å²) in [6.07, 6.45) is 0. The minimum Gasteiger partial charge on any atom is -0.497 e. The average Bonchev–Trinajstić information content (AvgIpc) is 2.84. The van der Waals surface area contributed by atoms with E-state index in [0.717, 1.165) is 22.4 Å². The lowest BCUT2D eigenvalue weighted by Gasteiger charge is -2.07. The molecule has 0 spiro atoms. The standard InChI is InChI=1S/C28H22O3/c1-19-3-5-22(6-4-19)27(29)24-11-13-25(14-12-24)28(30)23-9-7-20(8-10-23)21-15-17-26(31-2)18-16-21/h3-18H,1-2H3. The highest BCUT2D eigenvalue weighted by Crippen LogP contribution is 2.23. The molecule has 31 heavy (non-hydrogen) atoms. The number of hydrogen-bond donors (Lipinski definition) is 0. The second-order valence-corrected chi connectivity index (χ2v) is 7.41. The molecule has 3 heteroatoms. The van der Waals surface area contributed by atoms with E-state index in [1.165, 1.54) is 0 Å². The molecule has 0 radical (unpaired) electrons. The summed E-state index contributed by atoms with van der Waals surface area (Å²) < 4.78 is 5.19. The Morgan fingerprint density at radius 1 is 0.516 bits per heavy atom. The first kappa shape index (κ1) is 20.3. The molecule has 4 aromatic carbocycles. The van der Waals surface area contributed by atoms with Gasteiger partial charge in [-0.15, -0.1) is 0 Å². The van der Waals surface area contributed by atoms with Gasteiger partial charge in [0.1, 0.15) is 5.75 Å². The summed E-state index contributed by atoms with van der Waals surface area (Å²) in [6.45, 7) is 1.98. The number of carbonyl (C=O) groups is 2. The van der Waals surface area contributed by atoms with Crippen LogP contribution in [0.15, 0.2) is 97.1 Å². The Bertz CT molecular complexity index is 1200. The minimum absolute atomic E-state index is 0.0529. The van der Waals surface area contributed by atoms with Crippen LogP contribution in [0.3, 0.4) is 0 Å². The summed E-state index contributed by atoms with van der Waals surface area (Å²) in [5.41, 5.74) is 5.55. The smallest absolute Gasteiger partial charge is 0.193 e. The van der Waals surface area contributed by atoms with Crippen molar-refractivity contribution in [3.05, 3.63) is 125 Å². The van der Waals surface area contributed by atoms with Crippen LogP contribution < -0.4 is 4.74 Å². The highest BCUT2D eigenvalue weighted by atomic mass is 16.5. The SMILES string of the molecule is COc1ccc(-c2ccc(C(=O)c3ccc(C(=O)c4ccc(C)cc4)cc3)cc2)cc1. The summed E-state index contributed by atoms with van der Waals surface area (Å²) in [7, 11) is 1.64. The lowest BCUT2D eigenvalue weighted by molar-refractivity contribution is 0.102. The molecule has 0 bridgehead atoms. The summed E-state index contributed by atoms with van der Waals surface area (Å²) in [6, 6.07) is 29.6. The average molecular weight is 406 g/mol. The van der Waals surface area contributed by atoms with Crippen molar-refractivity contribution < 1.29 is 14.3 Å². The third kappa shape index (κ3) is 4.46. The van der Waals surface area contributed by atoms with Crippen LogP contribution in [0.2, 0.25) is 0 Å². The van der Waals surface area contributed by atoms with E-state index in [-0.39, 0.29) is 11.6 Å². The van der Waals surface area contributed by atoms with E-state index < -0.39 is 0 Å². The van der Waals surface area contributed by atoms with Crippen LogP contribution in [0, 0.1) is 6.92 Å². The van der Waals surface area contributed by atoms with Gasteiger partial charge in [-0.05, 0) is 30.2 Å². The van der Waals surface area contributed by atoms with Crippen molar-refractivity contribution in [2.45, 2.75) is 6.92 Å². The van der Waals surface area contributed by atoms with Gasteiger partial charge in [0.05, 0.1) is 7.11 Å². The summed E-state index contributed by atoms with van der Waals surface area (Å²) >= 11 is 0. The lowest BCUT2D eigenvalue weighted by atomic mass is 9.97. The van der Waals surface area contributed by atoms with Gasteiger partial charge in [0.25, 0.3) is 0 Å². The monoisotopic (exact) mass is 406 g/mol.